The number of halogens is 3. The number of hydrogen-bond acceptors (Lipinski definition) is 2. The van der Waals surface area contributed by atoms with Gasteiger partial charge in [0.05, 0.1) is 12.1 Å². The molecule has 0 radical (unpaired) electrons. The molecule has 3 rings (SSSR count). The summed E-state index contributed by atoms with van der Waals surface area (Å²) in [5, 5.41) is 6.83. The molecule has 0 aliphatic rings. The fourth-order valence-electron chi connectivity index (χ4n) is 2.50. The number of hydrogen-bond donors (Lipinski definition) is 1. The number of carbonyl (C=O) groups is 1. The second-order valence-electron chi connectivity index (χ2n) is 5.85. The molecule has 0 unspecified atom stereocenters. The first kappa shape index (κ1) is 18.4. The van der Waals surface area contributed by atoms with Crippen LogP contribution in [0.4, 0.5) is 18.9 Å². The summed E-state index contributed by atoms with van der Waals surface area (Å²) in [7, 11) is 0. The van der Waals surface area contributed by atoms with Crippen LogP contribution < -0.4 is 5.32 Å². The van der Waals surface area contributed by atoms with Crippen LogP contribution in [0.3, 0.4) is 0 Å². The third kappa shape index (κ3) is 5.31. The van der Waals surface area contributed by atoms with E-state index in [1.165, 1.54) is 24.3 Å². The van der Waals surface area contributed by atoms with Crippen molar-refractivity contribution in [2.75, 3.05) is 5.32 Å². The van der Waals surface area contributed by atoms with Gasteiger partial charge in [-0.05, 0) is 47.5 Å². The first-order valence-corrected chi connectivity index (χ1v) is 8.13. The van der Waals surface area contributed by atoms with Gasteiger partial charge in [0.15, 0.2) is 0 Å². The van der Waals surface area contributed by atoms with Crippen molar-refractivity contribution in [3.05, 3.63) is 89.8 Å². The number of amides is 1. The van der Waals surface area contributed by atoms with Gasteiger partial charge in [0, 0.05) is 24.2 Å². The number of alkyl halides is 3. The van der Waals surface area contributed by atoms with Crippen molar-refractivity contribution in [2.45, 2.75) is 12.7 Å². The molecule has 0 bridgehead atoms. The van der Waals surface area contributed by atoms with Crippen LogP contribution in [0.2, 0.25) is 0 Å². The minimum atomic E-state index is -4.42. The summed E-state index contributed by atoms with van der Waals surface area (Å²) in [5.41, 5.74) is 1.10. The summed E-state index contributed by atoms with van der Waals surface area (Å²) in [6.45, 7) is 0.566. The predicted octanol–water partition coefficient (Wildman–Crippen LogP) is 4.60. The quantitative estimate of drug-likeness (QED) is 0.666. The lowest BCUT2D eigenvalue weighted by molar-refractivity contribution is -0.137. The summed E-state index contributed by atoms with van der Waals surface area (Å²) in [6.07, 6.45) is 1.65. The zero-order chi connectivity index (χ0) is 19.3. The number of rotatable bonds is 5. The van der Waals surface area contributed by atoms with Crippen molar-refractivity contribution in [3.63, 3.8) is 0 Å². The van der Waals surface area contributed by atoms with E-state index in [-0.39, 0.29) is 0 Å². The van der Waals surface area contributed by atoms with Crippen LogP contribution >= 0.6 is 0 Å². The largest absolute Gasteiger partial charge is 0.416 e. The molecule has 2 aromatic carbocycles. The Bertz CT molecular complexity index is 947. The second-order valence-corrected chi connectivity index (χ2v) is 5.85. The Labute approximate surface area is 153 Å². The molecule has 0 saturated carbocycles. The first-order chi connectivity index (χ1) is 12.9. The van der Waals surface area contributed by atoms with E-state index >= 15 is 0 Å². The molecule has 27 heavy (non-hydrogen) atoms. The van der Waals surface area contributed by atoms with Crippen LogP contribution in [0.15, 0.2) is 73.1 Å². The second kappa shape index (κ2) is 7.90. The van der Waals surface area contributed by atoms with E-state index in [2.05, 4.69) is 10.4 Å². The molecule has 7 heteroatoms. The molecule has 1 heterocycles. The zero-order valence-electron chi connectivity index (χ0n) is 14.1. The van der Waals surface area contributed by atoms with E-state index < -0.39 is 17.6 Å². The monoisotopic (exact) mass is 371 g/mol. The molecular formula is C20H16F3N3O. The summed E-state index contributed by atoms with van der Waals surface area (Å²) >= 11 is 0. The Morgan fingerprint density at radius 1 is 1.11 bits per heavy atom. The topological polar surface area (TPSA) is 46.9 Å². The Morgan fingerprint density at radius 3 is 2.67 bits per heavy atom. The average Bonchev–Trinajstić information content (AvgIpc) is 3.13. The summed E-state index contributed by atoms with van der Waals surface area (Å²) in [4.78, 5) is 12.1. The number of aromatic nitrogens is 2. The third-order valence-corrected chi connectivity index (χ3v) is 3.74. The standard InChI is InChI=1S/C20H16F3N3O/c21-20(22,23)17-6-1-4-15(12-17)8-9-19(27)25-18-7-2-5-16(13-18)14-26-11-3-10-24-26/h1-13H,14H2,(H,25,27)/b9-8+. The summed E-state index contributed by atoms with van der Waals surface area (Å²) < 4.78 is 39.9. The smallest absolute Gasteiger partial charge is 0.323 e. The molecular weight excluding hydrogens is 355 g/mol. The van der Waals surface area contributed by atoms with E-state index in [1.54, 1.807) is 16.9 Å². The van der Waals surface area contributed by atoms with E-state index in [9.17, 15) is 18.0 Å². The number of carbonyl (C=O) groups excluding carboxylic acids is 1. The Morgan fingerprint density at radius 2 is 1.93 bits per heavy atom. The molecule has 0 spiro atoms. The van der Waals surface area contributed by atoms with Crippen LogP contribution in [0.1, 0.15) is 16.7 Å². The summed E-state index contributed by atoms with van der Waals surface area (Å²) in [6, 6.07) is 13.9. The average molecular weight is 371 g/mol. The van der Waals surface area contributed by atoms with Gasteiger partial charge in [-0.2, -0.15) is 18.3 Å². The molecule has 1 N–H and O–H groups in total. The fourth-order valence-corrected chi connectivity index (χ4v) is 2.50. The lowest BCUT2D eigenvalue weighted by Crippen LogP contribution is -2.08. The van der Waals surface area contributed by atoms with Gasteiger partial charge in [0.1, 0.15) is 0 Å². The fraction of sp³-hybridized carbons (Fsp3) is 0.100. The van der Waals surface area contributed by atoms with Crippen LogP contribution in [0, 0.1) is 0 Å². The van der Waals surface area contributed by atoms with Crippen molar-refractivity contribution >= 4 is 17.7 Å². The lowest BCUT2D eigenvalue weighted by Gasteiger charge is -2.07. The molecule has 4 nitrogen and oxygen atoms in total. The Kier molecular flexibility index (Phi) is 5.40. The van der Waals surface area contributed by atoms with Crippen LogP contribution in [-0.4, -0.2) is 15.7 Å². The van der Waals surface area contributed by atoms with Gasteiger partial charge < -0.3 is 5.32 Å². The summed E-state index contributed by atoms with van der Waals surface area (Å²) in [5.74, 6) is -0.427. The number of nitrogens with one attached hydrogen (secondary N) is 1. The number of nitrogens with zero attached hydrogens (tertiary/aromatic N) is 2. The minimum Gasteiger partial charge on any atom is -0.323 e. The van der Waals surface area contributed by atoms with Gasteiger partial charge in [-0.1, -0.05) is 24.3 Å². The third-order valence-electron chi connectivity index (χ3n) is 3.74. The maximum Gasteiger partial charge on any atom is 0.416 e. The van der Waals surface area contributed by atoms with E-state index in [1.807, 2.05) is 30.5 Å². The molecule has 138 valence electrons. The molecule has 1 amide bonds. The predicted molar refractivity (Wildman–Crippen MR) is 96.9 cm³/mol. The molecule has 3 aromatic rings. The van der Waals surface area contributed by atoms with Gasteiger partial charge in [-0.25, -0.2) is 0 Å². The Balaban J connectivity index is 1.65. The highest BCUT2D eigenvalue weighted by Gasteiger charge is 2.30. The van der Waals surface area contributed by atoms with Crippen molar-refractivity contribution in [3.8, 4) is 0 Å². The van der Waals surface area contributed by atoms with E-state index in [0.29, 0.717) is 17.8 Å². The van der Waals surface area contributed by atoms with Gasteiger partial charge in [0.2, 0.25) is 5.91 Å². The highest BCUT2D eigenvalue weighted by molar-refractivity contribution is 6.01. The van der Waals surface area contributed by atoms with E-state index in [4.69, 9.17) is 0 Å². The number of benzene rings is 2. The zero-order valence-corrected chi connectivity index (χ0v) is 14.1. The highest BCUT2D eigenvalue weighted by atomic mass is 19.4. The van der Waals surface area contributed by atoms with Crippen molar-refractivity contribution < 1.29 is 18.0 Å². The van der Waals surface area contributed by atoms with Crippen molar-refractivity contribution in [1.29, 1.82) is 0 Å². The van der Waals surface area contributed by atoms with Gasteiger partial charge in [0.25, 0.3) is 0 Å². The molecule has 0 saturated heterocycles. The van der Waals surface area contributed by atoms with E-state index in [0.717, 1.165) is 17.7 Å². The minimum absolute atomic E-state index is 0.299. The van der Waals surface area contributed by atoms with Crippen LogP contribution in [0.25, 0.3) is 6.08 Å². The van der Waals surface area contributed by atoms with Crippen molar-refractivity contribution in [2.24, 2.45) is 0 Å². The van der Waals surface area contributed by atoms with Gasteiger partial charge in [-0.15, -0.1) is 0 Å². The normalized spacial score (nSPS) is 11.7. The van der Waals surface area contributed by atoms with Gasteiger partial charge >= 0.3 is 6.18 Å². The highest BCUT2D eigenvalue weighted by Crippen LogP contribution is 2.29. The molecule has 0 fully saturated rings. The first-order valence-electron chi connectivity index (χ1n) is 8.13. The maximum atomic E-state index is 12.7. The molecule has 0 atom stereocenters. The Hall–Kier alpha value is -3.35. The molecule has 0 aliphatic heterocycles. The molecule has 0 aliphatic carbocycles. The lowest BCUT2D eigenvalue weighted by atomic mass is 10.1. The maximum absolute atomic E-state index is 12.7. The van der Waals surface area contributed by atoms with Crippen molar-refractivity contribution in [1.82, 2.24) is 9.78 Å². The van der Waals surface area contributed by atoms with Gasteiger partial charge in [-0.3, -0.25) is 9.48 Å². The SMILES string of the molecule is O=C(/C=C/c1cccc(C(F)(F)F)c1)Nc1cccc(Cn2cccn2)c1. The number of anilines is 1. The van der Waals surface area contributed by atoms with Crippen LogP contribution in [-0.2, 0) is 17.5 Å². The van der Waals surface area contributed by atoms with Crippen LogP contribution in [0.5, 0.6) is 0 Å². The molecule has 1 aromatic heterocycles.